The third kappa shape index (κ3) is 8.28. The molecule has 0 bridgehead atoms. The fraction of sp³-hybridized carbons (Fsp3) is 0.875. The molecule has 4 N–H and O–H groups in total. The van der Waals surface area contributed by atoms with Gasteiger partial charge in [-0.1, -0.05) is 0 Å². The first kappa shape index (κ1) is 24.7. The van der Waals surface area contributed by atoms with Crippen molar-refractivity contribution in [2.75, 3.05) is 20.8 Å². The van der Waals surface area contributed by atoms with E-state index in [2.05, 4.69) is 17.9 Å². The Kier molecular flexibility index (Phi) is 8.64. The Hall–Kier alpha value is -0.335. The van der Waals surface area contributed by atoms with Crippen molar-refractivity contribution in [2.24, 2.45) is 0 Å². The Morgan fingerprint density at radius 3 is 2.11 bits per heavy atom. The number of rotatable bonds is 9. The number of phosphoric ester groups is 1. The number of hydrogen-bond acceptors (Lipinski definition) is 11. The summed E-state index contributed by atoms with van der Waals surface area (Å²) in [5, 5.41) is 0. The highest BCUT2D eigenvalue weighted by Crippen LogP contribution is 2.66. The lowest BCUT2D eigenvalue weighted by molar-refractivity contribution is -0.0459. The SMILES string of the molecule is [B]C1OC(COP(=O)(O)OP(=O)(O)OP(=O)(O)O)C(OC(=O)OC)C1OC. The maximum Gasteiger partial charge on any atom is 0.508 e. The average molecular weight is 456 g/mol. The predicted octanol–water partition coefficient (Wildman–Crippen LogP) is -0.610. The third-order valence-electron chi connectivity index (χ3n) is 2.83. The van der Waals surface area contributed by atoms with Crippen LogP contribution in [0.5, 0.6) is 0 Å². The molecule has 156 valence electrons. The first-order chi connectivity index (χ1) is 12.2. The number of methoxy groups -OCH3 is 2. The van der Waals surface area contributed by atoms with Gasteiger partial charge in [-0.05, 0) is 0 Å². The summed E-state index contributed by atoms with van der Waals surface area (Å²) in [5.41, 5.74) is 0. The van der Waals surface area contributed by atoms with Crippen molar-refractivity contribution < 1.29 is 70.2 Å². The minimum atomic E-state index is -5.67. The Bertz CT molecular complexity index is 663. The standard InChI is InChI=1S/C8H16BO15P3/c1-18-6-5(22-8(10)19-2)4(21-7(6)9)3-20-26(14,15)24-27(16,17)23-25(11,12)13/h4-7H,3H2,1-2H3,(H,14,15)(H,16,17)(H2,11,12,13). The van der Waals surface area contributed by atoms with Crippen LogP contribution in [0.4, 0.5) is 4.79 Å². The van der Waals surface area contributed by atoms with E-state index in [9.17, 15) is 23.4 Å². The second-order valence-electron chi connectivity index (χ2n) is 4.76. The fourth-order valence-corrected chi connectivity index (χ4v) is 4.96. The van der Waals surface area contributed by atoms with Crippen LogP contribution in [0.25, 0.3) is 0 Å². The quantitative estimate of drug-likeness (QED) is 0.194. The highest BCUT2D eigenvalue weighted by Gasteiger charge is 2.47. The summed E-state index contributed by atoms with van der Waals surface area (Å²) in [6, 6.07) is -1.14. The van der Waals surface area contributed by atoms with Crippen molar-refractivity contribution in [2.45, 2.75) is 24.3 Å². The molecule has 2 radical (unpaired) electrons. The monoisotopic (exact) mass is 456 g/mol. The minimum Gasteiger partial charge on any atom is -0.438 e. The van der Waals surface area contributed by atoms with Gasteiger partial charge in [-0.15, -0.1) is 0 Å². The molecule has 0 aromatic carbocycles. The average Bonchev–Trinajstić information content (AvgIpc) is 2.76. The number of ether oxygens (including phenoxy) is 4. The van der Waals surface area contributed by atoms with Crippen LogP contribution in [0, 0.1) is 0 Å². The molecule has 6 unspecified atom stereocenters. The predicted molar refractivity (Wildman–Crippen MR) is 82.3 cm³/mol. The molecule has 0 aliphatic carbocycles. The molecular weight excluding hydrogens is 440 g/mol. The lowest BCUT2D eigenvalue weighted by Gasteiger charge is -2.23. The molecule has 6 atom stereocenters. The van der Waals surface area contributed by atoms with Gasteiger partial charge in [-0.3, -0.25) is 4.52 Å². The van der Waals surface area contributed by atoms with E-state index in [4.69, 9.17) is 36.7 Å². The normalized spacial score (nSPS) is 30.3. The fourth-order valence-electron chi connectivity index (χ4n) is 1.93. The molecule has 15 nitrogen and oxygen atoms in total. The van der Waals surface area contributed by atoms with Crippen molar-refractivity contribution in [3.8, 4) is 0 Å². The number of hydrogen-bond donors (Lipinski definition) is 4. The largest absolute Gasteiger partial charge is 0.508 e. The molecule has 1 saturated heterocycles. The molecule has 0 spiro atoms. The van der Waals surface area contributed by atoms with E-state index >= 15 is 0 Å². The maximum absolute atomic E-state index is 11.7. The zero-order valence-electron chi connectivity index (χ0n) is 13.7. The zero-order chi connectivity index (χ0) is 21.0. The highest BCUT2D eigenvalue weighted by molar-refractivity contribution is 7.66. The second kappa shape index (κ2) is 9.44. The van der Waals surface area contributed by atoms with E-state index in [1.54, 1.807) is 0 Å². The van der Waals surface area contributed by atoms with Crippen molar-refractivity contribution >= 4 is 37.5 Å². The first-order valence-corrected chi connectivity index (χ1v) is 11.2. The summed E-state index contributed by atoms with van der Waals surface area (Å²) >= 11 is 0. The van der Waals surface area contributed by atoms with Gasteiger partial charge in [0.2, 0.25) is 0 Å². The van der Waals surface area contributed by atoms with Crippen molar-refractivity contribution in [1.82, 2.24) is 0 Å². The summed E-state index contributed by atoms with van der Waals surface area (Å²) in [7, 11) is -8.73. The number of carbonyl (C=O) groups is 1. The van der Waals surface area contributed by atoms with Crippen LogP contribution < -0.4 is 0 Å². The van der Waals surface area contributed by atoms with Gasteiger partial charge >= 0.3 is 29.6 Å². The molecular formula is C8H16BO15P3. The Balaban J connectivity index is 2.78. The summed E-state index contributed by atoms with van der Waals surface area (Å²) in [6.07, 6.45) is -4.72. The third-order valence-corrected chi connectivity index (χ3v) is 6.64. The Morgan fingerprint density at radius 2 is 1.63 bits per heavy atom. The van der Waals surface area contributed by atoms with Gasteiger partial charge in [0.15, 0.2) is 6.10 Å². The van der Waals surface area contributed by atoms with Gasteiger partial charge < -0.3 is 38.5 Å². The zero-order valence-corrected chi connectivity index (χ0v) is 16.4. The Labute approximate surface area is 153 Å². The van der Waals surface area contributed by atoms with Crippen molar-refractivity contribution in [3.63, 3.8) is 0 Å². The van der Waals surface area contributed by atoms with Crippen LogP contribution in [0.15, 0.2) is 0 Å². The second-order valence-corrected chi connectivity index (χ2v) is 9.18. The highest BCUT2D eigenvalue weighted by atomic mass is 31.3. The lowest BCUT2D eigenvalue weighted by Crippen LogP contribution is -2.40. The van der Waals surface area contributed by atoms with Crippen LogP contribution in [-0.4, -0.2) is 78.7 Å². The molecule has 0 saturated carbocycles. The summed E-state index contributed by atoms with van der Waals surface area (Å²) in [5.74, 6) is 0. The summed E-state index contributed by atoms with van der Waals surface area (Å²) in [4.78, 5) is 46.6. The van der Waals surface area contributed by atoms with Gasteiger partial charge in [0.1, 0.15) is 20.1 Å². The van der Waals surface area contributed by atoms with E-state index in [0.717, 1.165) is 7.11 Å². The van der Waals surface area contributed by atoms with E-state index in [0.29, 0.717) is 0 Å². The molecule has 0 amide bonds. The number of carbonyl (C=O) groups excluding carboxylic acids is 1. The topological polar surface area (TPSA) is 214 Å². The van der Waals surface area contributed by atoms with E-state index in [-0.39, 0.29) is 0 Å². The van der Waals surface area contributed by atoms with E-state index in [1.807, 2.05) is 0 Å². The van der Waals surface area contributed by atoms with E-state index in [1.165, 1.54) is 7.11 Å². The van der Waals surface area contributed by atoms with Gasteiger partial charge in [0.25, 0.3) is 0 Å². The van der Waals surface area contributed by atoms with Gasteiger partial charge in [-0.2, -0.15) is 8.62 Å². The van der Waals surface area contributed by atoms with Crippen LogP contribution in [0.2, 0.25) is 0 Å². The van der Waals surface area contributed by atoms with Crippen LogP contribution in [0.3, 0.4) is 0 Å². The van der Waals surface area contributed by atoms with E-state index < -0.39 is 60.5 Å². The maximum atomic E-state index is 11.7. The number of phosphoric acid groups is 3. The molecule has 0 aromatic heterocycles. The summed E-state index contributed by atoms with van der Waals surface area (Å²) in [6.45, 7) is -0.876. The van der Waals surface area contributed by atoms with Crippen LogP contribution >= 0.6 is 23.5 Å². The molecule has 1 fully saturated rings. The molecule has 1 heterocycles. The van der Waals surface area contributed by atoms with Gasteiger partial charge in [-0.25, -0.2) is 18.5 Å². The first-order valence-electron chi connectivity index (χ1n) is 6.66. The van der Waals surface area contributed by atoms with Crippen LogP contribution in [-0.2, 0) is 45.8 Å². The molecule has 1 aliphatic heterocycles. The molecule has 1 rings (SSSR count). The minimum absolute atomic E-state index is 0.876. The molecule has 19 heteroatoms. The lowest BCUT2D eigenvalue weighted by atomic mass is 9.93. The van der Waals surface area contributed by atoms with Crippen molar-refractivity contribution in [1.29, 1.82) is 0 Å². The molecule has 27 heavy (non-hydrogen) atoms. The summed E-state index contributed by atoms with van der Waals surface area (Å²) < 4.78 is 64.3. The molecule has 1 aliphatic rings. The van der Waals surface area contributed by atoms with Crippen molar-refractivity contribution in [3.05, 3.63) is 0 Å². The van der Waals surface area contributed by atoms with Gasteiger partial charge in [0, 0.05) is 13.1 Å². The van der Waals surface area contributed by atoms with Crippen LogP contribution in [0.1, 0.15) is 0 Å². The molecule has 0 aromatic rings. The van der Waals surface area contributed by atoms with Gasteiger partial charge in [0.05, 0.1) is 13.7 Å². The smallest absolute Gasteiger partial charge is 0.438 e. The Morgan fingerprint density at radius 1 is 1.04 bits per heavy atom.